The summed E-state index contributed by atoms with van der Waals surface area (Å²) in [6.45, 7) is 3.87. The van der Waals surface area contributed by atoms with Crippen LogP contribution in [0, 0.1) is 19.7 Å². The summed E-state index contributed by atoms with van der Waals surface area (Å²) in [6, 6.07) is 9.17. The molecule has 0 fully saturated rings. The molecular formula is C15H13BrFN3. The molecule has 1 aromatic heterocycles. The lowest BCUT2D eigenvalue weighted by atomic mass is 10.1. The van der Waals surface area contributed by atoms with Gasteiger partial charge in [0.25, 0.3) is 0 Å². The van der Waals surface area contributed by atoms with Crippen molar-refractivity contribution in [3.63, 3.8) is 0 Å². The van der Waals surface area contributed by atoms with Crippen molar-refractivity contribution in [1.29, 1.82) is 0 Å². The number of rotatable bonds is 1. The lowest BCUT2D eigenvalue weighted by Gasteiger charge is -2.11. The maximum atomic E-state index is 13.6. The van der Waals surface area contributed by atoms with Gasteiger partial charge in [-0.3, -0.25) is 4.57 Å². The third kappa shape index (κ3) is 1.98. The van der Waals surface area contributed by atoms with Gasteiger partial charge in [-0.15, -0.1) is 0 Å². The Bertz CT molecular complexity index is 824. The maximum Gasteiger partial charge on any atom is 0.205 e. The molecule has 20 heavy (non-hydrogen) atoms. The van der Waals surface area contributed by atoms with Crippen molar-refractivity contribution < 1.29 is 4.39 Å². The third-order valence-electron chi connectivity index (χ3n) is 3.32. The van der Waals surface area contributed by atoms with Gasteiger partial charge in [-0.1, -0.05) is 6.07 Å². The molecule has 0 amide bonds. The molecule has 1 heterocycles. The van der Waals surface area contributed by atoms with E-state index in [9.17, 15) is 4.39 Å². The molecule has 3 nitrogen and oxygen atoms in total. The van der Waals surface area contributed by atoms with E-state index in [-0.39, 0.29) is 5.82 Å². The standard InChI is InChI=1S/C15H13BrFN3/c1-8-3-4-12-14(5-8)20(15(18)19-12)13-7-10(16)11(17)6-9(13)2/h3-7H,1-2H3,(H2,18,19). The monoisotopic (exact) mass is 333 g/mol. The Morgan fingerprint density at radius 2 is 1.95 bits per heavy atom. The number of nitrogen functional groups attached to an aromatic ring is 1. The van der Waals surface area contributed by atoms with Crippen molar-refractivity contribution in [2.75, 3.05) is 5.73 Å². The summed E-state index contributed by atoms with van der Waals surface area (Å²) in [7, 11) is 0. The zero-order valence-electron chi connectivity index (χ0n) is 11.1. The molecule has 2 N–H and O–H groups in total. The van der Waals surface area contributed by atoms with Crippen molar-refractivity contribution in [1.82, 2.24) is 9.55 Å². The summed E-state index contributed by atoms with van der Waals surface area (Å²) in [6.07, 6.45) is 0. The number of benzene rings is 2. The van der Waals surface area contributed by atoms with E-state index in [0.717, 1.165) is 27.8 Å². The fraction of sp³-hybridized carbons (Fsp3) is 0.133. The maximum absolute atomic E-state index is 13.6. The van der Waals surface area contributed by atoms with E-state index in [1.807, 2.05) is 36.6 Å². The Balaban J connectivity index is 2.37. The van der Waals surface area contributed by atoms with Gasteiger partial charge < -0.3 is 5.73 Å². The largest absolute Gasteiger partial charge is 0.369 e. The Morgan fingerprint density at radius 3 is 2.70 bits per heavy atom. The number of imidazole rings is 1. The van der Waals surface area contributed by atoms with Crippen LogP contribution in [0.5, 0.6) is 0 Å². The summed E-state index contributed by atoms with van der Waals surface area (Å²) in [5.41, 5.74) is 10.5. The lowest BCUT2D eigenvalue weighted by Crippen LogP contribution is -2.03. The average Bonchev–Trinajstić information content (AvgIpc) is 2.69. The molecule has 3 rings (SSSR count). The quantitative estimate of drug-likeness (QED) is 0.727. The van der Waals surface area contributed by atoms with Crippen LogP contribution in [0.1, 0.15) is 11.1 Å². The molecule has 3 aromatic rings. The van der Waals surface area contributed by atoms with Gasteiger partial charge in [-0.2, -0.15) is 0 Å². The summed E-state index contributed by atoms with van der Waals surface area (Å²) in [4.78, 5) is 4.36. The molecule has 5 heteroatoms. The Morgan fingerprint density at radius 1 is 1.20 bits per heavy atom. The van der Waals surface area contributed by atoms with Crippen LogP contribution in [-0.4, -0.2) is 9.55 Å². The van der Waals surface area contributed by atoms with E-state index < -0.39 is 0 Å². The Kier molecular flexibility index (Phi) is 3.01. The van der Waals surface area contributed by atoms with Crippen LogP contribution >= 0.6 is 15.9 Å². The van der Waals surface area contributed by atoms with Crippen LogP contribution in [0.3, 0.4) is 0 Å². The smallest absolute Gasteiger partial charge is 0.205 e. The van der Waals surface area contributed by atoms with E-state index in [2.05, 4.69) is 20.9 Å². The molecule has 0 atom stereocenters. The van der Waals surface area contributed by atoms with Crippen LogP contribution in [-0.2, 0) is 0 Å². The highest BCUT2D eigenvalue weighted by molar-refractivity contribution is 9.10. The van der Waals surface area contributed by atoms with Crippen LogP contribution < -0.4 is 5.73 Å². The summed E-state index contributed by atoms with van der Waals surface area (Å²) < 4.78 is 15.8. The van der Waals surface area contributed by atoms with Gasteiger partial charge in [0.2, 0.25) is 5.95 Å². The second-order valence-corrected chi connectivity index (χ2v) is 5.70. The Hall–Kier alpha value is -1.88. The zero-order valence-corrected chi connectivity index (χ0v) is 12.7. The lowest BCUT2D eigenvalue weighted by molar-refractivity contribution is 0.619. The molecule has 102 valence electrons. The topological polar surface area (TPSA) is 43.8 Å². The first-order valence-corrected chi connectivity index (χ1v) is 6.97. The Labute approximate surface area is 124 Å². The molecule has 0 aliphatic rings. The number of hydrogen-bond donors (Lipinski definition) is 1. The SMILES string of the molecule is Cc1ccc2nc(N)n(-c3cc(Br)c(F)cc3C)c2c1. The zero-order chi connectivity index (χ0) is 14.4. The number of halogens is 2. The van der Waals surface area contributed by atoms with Crippen LogP contribution in [0.25, 0.3) is 16.7 Å². The first-order valence-electron chi connectivity index (χ1n) is 6.18. The molecule has 0 aliphatic heterocycles. The van der Waals surface area contributed by atoms with E-state index in [0.29, 0.717) is 10.4 Å². The molecule has 2 aromatic carbocycles. The van der Waals surface area contributed by atoms with Gasteiger partial charge in [0.1, 0.15) is 5.82 Å². The van der Waals surface area contributed by atoms with E-state index >= 15 is 0 Å². The molecule has 0 saturated carbocycles. The van der Waals surface area contributed by atoms with Crippen molar-refractivity contribution >= 4 is 32.9 Å². The second-order valence-electron chi connectivity index (χ2n) is 4.85. The molecule has 0 saturated heterocycles. The second kappa shape index (κ2) is 4.59. The third-order valence-corrected chi connectivity index (χ3v) is 3.92. The molecule has 0 radical (unpaired) electrons. The molecule has 0 spiro atoms. The van der Waals surface area contributed by atoms with Gasteiger partial charge in [-0.25, -0.2) is 9.37 Å². The minimum atomic E-state index is -0.287. The highest BCUT2D eigenvalue weighted by Gasteiger charge is 2.14. The number of nitrogens with zero attached hydrogens (tertiary/aromatic N) is 2. The van der Waals surface area contributed by atoms with E-state index in [1.54, 1.807) is 6.07 Å². The van der Waals surface area contributed by atoms with E-state index in [4.69, 9.17) is 5.73 Å². The van der Waals surface area contributed by atoms with Crippen LogP contribution in [0.4, 0.5) is 10.3 Å². The minimum Gasteiger partial charge on any atom is -0.369 e. The molecular weight excluding hydrogens is 321 g/mol. The van der Waals surface area contributed by atoms with Crippen molar-refractivity contribution in [3.05, 3.63) is 51.7 Å². The van der Waals surface area contributed by atoms with Gasteiger partial charge in [0.15, 0.2) is 0 Å². The predicted molar refractivity (Wildman–Crippen MR) is 82.6 cm³/mol. The molecule has 0 aliphatic carbocycles. The summed E-state index contributed by atoms with van der Waals surface area (Å²) in [5.74, 6) is 0.109. The first kappa shape index (κ1) is 13.1. The van der Waals surface area contributed by atoms with Crippen molar-refractivity contribution in [3.8, 4) is 5.69 Å². The average molecular weight is 334 g/mol. The van der Waals surface area contributed by atoms with Crippen molar-refractivity contribution in [2.45, 2.75) is 13.8 Å². The van der Waals surface area contributed by atoms with Gasteiger partial charge in [0.05, 0.1) is 21.2 Å². The number of hydrogen-bond acceptors (Lipinski definition) is 2. The summed E-state index contributed by atoms with van der Waals surface area (Å²) >= 11 is 3.22. The fourth-order valence-electron chi connectivity index (χ4n) is 2.33. The van der Waals surface area contributed by atoms with Gasteiger partial charge in [-0.05, 0) is 65.2 Å². The van der Waals surface area contributed by atoms with Gasteiger partial charge in [0, 0.05) is 0 Å². The van der Waals surface area contributed by atoms with Crippen LogP contribution in [0.2, 0.25) is 0 Å². The predicted octanol–water partition coefficient (Wildman–Crippen LogP) is 4.13. The highest BCUT2D eigenvalue weighted by Crippen LogP contribution is 2.29. The number of aromatic nitrogens is 2. The normalized spacial score (nSPS) is 11.2. The number of fused-ring (bicyclic) bond motifs is 1. The number of nitrogens with two attached hydrogens (primary N) is 1. The fourth-order valence-corrected chi connectivity index (χ4v) is 2.67. The molecule has 0 bridgehead atoms. The highest BCUT2D eigenvalue weighted by atomic mass is 79.9. The molecule has 0 unspecified atom stereocenters. The van der Waals surface area contributed by atoms with E-state index in [1.165, 1.54) is 6.07 Å². The minimum absolute atomic E-state index is 0.287. The first-order chi connectivity index (χ1) is 9.47. The van der Waals surface area contributed by atoms with Crippen molar-refractivity contribution in [2.24, 2.45) is 0 Å². The van der Waals surface area contributed by atoms with Gasteiger partial charge >= 0.3 is 0 Å². The summed E-state index contributed by atoms with van der Waals surface area (Å²) in [5, 5.41) is 0. The number of anilines is 1. The van der Waals surface area contributed by atoms with Crippen LogP contribution in [0.15, 0.2) is 34.8 Å². The number of aryl methyl sites for hydroxylation is 2.